The van der Waals surface area contributed by atoms with E-state index in [0.717, 1.165) is 57.0 Å². The number of amides is 1. The van der Waals surface area contributed by atoms with Gasteiger partial charge in [0, 0.05) is 44.8 Å². The third-order valence-corrected chi connectivity index (χ3v) is 4.18. The normalized spacial score (nSPS) is 20.7. The fourth-order valence-electron chi connectivity index (χ4n) is 2.85. The second-order valence-corrected chi connectivity index (χ2v) is 5.68. The number of β-amino-alcohol motifs (C(OH)–C–C–N with tert-alkyl or cyclic N) is 1. The molecule has 0 atom stereocenters. The molecule has 0 aromatic carbocycles. The van der Waals surface area contributed by atoms with Gasteiger partial charge in [0.25, 0.3) is 0 Å². The number of fused-ring (bicyclic) bond motifs is 1. The van der Waals surface area contributed by atoms with Crippen molar-refractivity contribution in [1.82, 2.24) is 19.6 Å². The minimum absolute atomic E-state index is 0.149. The fraction of sp³-hybridized carbons (Fsp3) is 0.714. The first kappa shape index (κ1) is 13.6. The van der Waals surface area contributed by atoms with Crippen LogP contribution in [0.25, 0.3) is 0 Å². The van der Waals surface area contributed by atoms with Crippen LogP contribution in [0.2, 0.25) is 0 Å². The van der Waals surface area contributed by atoms with Gasteiger partial charge in [-0.25, -0.2) is 0 Å². The van der Waals surface area contributed by atoms with Gasteiger partial charge in [-0.1, -0.05) is 6.92 Å². The molecule has 0 radical (unpaired) electrons. The number of carbonyl (C=O) groups excluding carboxylic acids is 1. The highest BCUT2D eigenvalue weighted by atomic mass is 16.3. The van der Waals surface area contributed by atoms with E-state index in [1.54, 1.807) is 0 Å². The largest absolute Gasteiger partial charge is 0.390 e. The zero-order valence-electron chi connectivity index (χ0n) is 12.0. The summed E-state index contributed by atoms with van der Waals surface area (Å²) in [6.07, 6.45) is 1.61. The van der Waals surface area contributed by atoms with Crippen molar-refractivity contribution in [2.24, 2.45) is 0 Å². The van der Waals surface area contributed by atoms with Crippen molar-refractivity contribution < 1.29 is 9.90 Å². The van der Waals surface area contributed by atoms with E-state index in [1.807, 2.05) is 9.58 Å². The average molecular weight is 278 g/mol. The fourth-order valence-corrected chi connectivity index (χ4v) is 2.85. The van der Waals surface area contributed by atoms with Crippen molar-refractivity contribution in [1.29, 1.82) is 0 Å². The Bertz CT molecular complexity index is 493. The van der Waals surface area contributed by atoms with Crippen molar-refractivity contribution in [2.45, 2.75) is 32.4 Å². The standard InChI is InChI=1S/C14H22N4O2/c1-2-11-7-12-3-4-17(14(20)10-18(12)15-11)6-5-16-8-13(19)9-16/h7,13,19H,2-6,8-10H2,1H3. The molecule has 6 heteroatoms. The Morgan fingerprint density at radius 2 is 2.20 bits per heavy atom. The zero-order chi connectivity index (χ0) is 14.1. The van der Waals surface area contributed by atoms with Crippen molar-refractivity contribution in [3.05, 3.63) is 17.5 Å². The maximum atomic E-state index is 12.3. The van der Waals surface area contributed by atoms with E-state index >= 15 is 0 Å². The van der Waals surface area contributed by atoms with Gasteiger partial charge in [-0.3, -0.25) is 14.4 Å². The minimum atomic E-state index is -0.174. The van der Waals surface area contributed by atoms with E-state index in [1.165, 1.54) is 0 Å². The lowest BCUT2D eigenvalue weighted by molar-refractivity contribution is -0.132. The number of nitrogens with zero attached hydrogens (tertiary/aromatic N) is 4. The minimum Gasteiger partial charge on any atom is -0.390 e. The molecular formula is C14H22N4O2. The third-order valence-electron chi connectivity index (χ3n) is 4.18. The molecule has 6 nitrogen and oxygen atoms in total. The molecule has 110 valence electrons. The molecule has 1 N–H and O–H groups in total. The first-order valence-corrected chi connectivity index (χ1v) is 7.39. The van der Waals surface area contributed by atoms with E-state index in [4.69, 9.17) is 0 Å². The summed E-state index contributed by atoms with van der Waals surface area (Å²) in [6, 6.07) is 2.11. The topological polar surface area (TPSA) is 61.6 Å². The number of aliphatic hydroxyl groups is 1. The molecule has 1 aromatic heterocycles. The third kappa shape index (κ3) is 2.71. The number of rotatable bonds is 4. The summed E-state index contributed by atoms with van der Waals surface area (Å²) in [5.74, 6) is 0.149. The lowest BCUT2D eigenvalue weighted by Crippen LogP contribution is -2.53. The molecule has 2 aliphatic heterocycles. The Labute approximate surface area is 119 Å². The van der Waals surface area contributed by atoms with Gasteiger partial charge in [0.15, 0.2) is 0 Å². The maximum absolute atomic E-state index is 12.3. The Morgan fingerprint density at radius 1 is 1.40 bits per heavy atom. The number of aliphatic hydroxyl groups excluding tert-OH is 1. The van der Waals surface area contributed by atoms with Crippen LogP contribution in [-0.2, 0) is 24.2 Å². The summed E-state index contributed by atoms with van der Waals surface area (Å²) in [5, 5.41) is 13.7. The first-order valence-electron chi connectivity index (χ1n) is 7.39. The van der Waals surface area contributed by atoms with Gasteiger partial charge in [-0.15, -0.1) is 0 Å². The van der Waals surface area contributed by atoms with E-state index < -0.39 is 0 Å². The number of hydrogen-bond acceptors (Lipinski definition) is 4. The van der Waals surface area contributed by atoms with Crippen molar-refractivity contribution in [3.8, 4) is 0 Å². The molecule has 20 heavy (non-hydrogen) atoms. The highest BCUT2D eigenvalue weighted by Crippen LogP contribution is 2.13. The summed E-state index contributed by atoms with van der Waals surface area (Å²) in [4.78, 5) is 16.4. The number of aryl methyl sites for hydroxylation is 1. The summed E-state index contributed by atoms with van der Waals surface area (Å²) in [5.41, 5.74) is 2.23. The van der Waals surface area contributed by atoms with Gasteiger partial charge < -0.3 is 10.0 Å². The Hall–Kier alpha value is -1.40. The van der Waals surface area contributed by atoms with E-state index in [2.05, 4.69) is 23.0 Å². The predicted octanol–water partition coefficient (Wildman–Crippen LogP) is -0.493. The van der Waals surface area contributed by atoms with Crippen LogP contribution in [0.5, 0.6) is 0 Å². The van der Waals surface area contributed by atoms with Crippen LogP contribution in [0.3, 0.4) is 0 Å². The monoisotopic (exact) mass is 278 g/mol. The quantitative estimate of drug-likeness (QED) is 0.807. The molecule has 0 aliphatic carbocycles. The molecule has 0 unspecified atom stereocenters. The van der Waals surface area contributed by atoms with Gasteiger partial charge in [-0.05, 0) is 12.5 Å². The molecule has 0 bridgehead atoms. The zero-order valence-corrected chi connectivity index (χ0v) is 12.0. The Kier molecular flexibility index (Phi) is 3.76. The second-order valence-electron chi connectivity index (χ2n) is 5.68. The molecular weight excluding hydrogens is 256 g/mol. The number of carbonyl (C=O) groups is 1. The van der Waals surface area contributed by atoms with Crippen LogP contribution in [0.15, 0.2) is 6.07 Å². The van der Waals surface area contributed by atoms with Crippen molar-refractivity contribution >= 4 is 5.91 Å². The predicted molar refractivity (Wildman–Crippen MR) is 74.3 cm³/mol. The molecule has 3 heterocycles. The average Bonchev–Trinajstić information content (AvgIpc) is 2.72. The van der Waals surface area contributed by atoms with Crippen LogP contribution >= 0.6 is 0 Å². The summed E-state index contributed by atoms with van der Waals surface area (Å²) >= 11 is 0. The SMILES string of the molecule is CCc1cc2n(n1)CC(=O)N(CCN1CC(O)C1)CC2. The summed E-state index contributed by atoms with van der Waals surface area (Å²) in [7, 11) is 0. The van der Waals surface area contributed by atoms with E-state index in [-0.39, 0.29) is 12.0 Å². The number of likely N-dealkylation sites (tertiary alicyclic amines) is 1. The van der Waals surface area contributed by atoms with Crippen LogP contribution in [0, 0.1) is 0 Å². The summed E-state index contributed by atoms with van der Waals surface area (Å²) < 4.78 is 1.86. The molecule has 0 saturated carbocycles. The van der Waals surface area contributed by atoms with Gasteiger partial charge in [-0.2, -0.15) is 5.10 Å². The lowest BCUT2D eigenvalue weighted by Gasteiger charge is -2.37. The highest BCUT2D eigenvalue weighted by molar-refractivity contribution is 5.76. The molecule has 1 aromatic rings. The molecule has 1 fully saturated rings. The number of hydrogen-bond donors (Lipinski definition) is 1. The van der Waals surface area contributed by atoms with E-state index in [0.29, 0.717) is 6.54 Å². The van der Waals surface area contributed by atoms with Gasteiger partial charge in [0.2, 0.25) is 5.91 Å². The van der Waals surface area contributed by atoms with Gasteiger partial charge in [0.1, 0.15) is 6.54 Å². The first-order chi connectivity index (χ1) is 9.65. The molecule has 2 aliphatic rings. The van der Waals surface area contributed by atoms with Crippen molar-refractivity contribution in [2.75, 3.05) is 32.7 Å². The van der Waals surface area contributed by atoms with Crippen LogP contribution in [-0.4, -0.2) is 69.4 Å². The second kappa shape index (κ2) is 5.54. The van der Waals surface area contributed by atoms with Crippen LogP contribution in [0.4, 0.5) is 0 Å². The van der Waals surface area contributed by atoms with Gasteiger partial charge in [0.05, 0.1) is 11.8 Å². The molecule has 1 amide bonds. The van der Waals surface area contributed by atoms with Crippen LogP contribution in [0.1, 0.15) is 18.3 Å². The van der Waals surface area contributed by atoms with E-state index in [9.17, 15) is 9.90 Å². The smallest absolute Gasteiger partial charge is 0.244 e. The Morgan fingerprint density at radius 3 is 2.90 bits per heavy atom. The molecule has 0 spiro atoms. The van der Waals surface area contributed by atoms with Gasteiger partial charge >= 0.3 is 0 Å². The molecule has 3 rings (SSSR count). The van der Waals surface area contributed by atoms with Crippen molar-refractivity contribution in [3.63, 3.8) is 0 Å². The summed E-state index contributed by atoms with van der Waals surface area (Å²) in [6.45, 7) is 6.29. The number of aromatic nitrogens is 2. The van der Waals surface area contributed by atoms with Crippen LogP contribution < -0.4 is 0 Å². The lowest BCUT2D eigenvalue weighted by atomic mass is 10.2. The highest BCUT2D eigenvalue weighted by Gasteiger charge is 2.26. The molecule has 1 saturated heterocycles. The Balaban J connectivity index is 1.57. The maximum Gasteiger partial charge on any atom is 0.244 e.